The van der Waals surface area contributed by atoms with Gasteiger partial charge in [-0.1, -0.05) is 133 Å². The van der Waals surface area contributed by atoms with E-state index in [-0.39, 0.29) is 12.4 Å². The van der Waals surface area contributed by atoms with Gasteiger partial charge in [0.25, 0.3) is 0 Å². The second kappa shape index (κ2) is 29.5. The van der Waals surface area contributed by atoms with E-state index in [4.69, 9.17) is 4.74 Å². The van der Waals surface area contributed by atoms with Crippen LogP contribution in [0, 0.1) is 0 Å². The third-order valence-corrected chi connectivity index (χ3v) is 6.59. The topological polar surface area (TPSA) is 63.6 Å². The van der Waals surface area contributed by atoms with Gasteiger partial charge in [0.1, 0.15) is 0 Å². The summed E-state index contributed by atoms with van der Waals surface area (Å²) in [7, 11) is 0. The minimum absolute atomic E-state index is 0.287. The van der Waals surface area contributed by atoms with Gasteiger partial charge in [-0.05, 0) is 57.8 Å². The van der Waals surface area contributed by atoms with Crippen molar-refractivity contribution in [3.05, 3.63) is 48.6 Å². The van der Waals surface area contributed by atoms with E-state index in [1.165, 1.54) is 57.8 Å². The molecule has 0 heterocycles. The SMILES string of the molecule is CC/C=C\C/C=C\C/C=C\C/C=C\CCCCC(=O)OC(CCCCCCCCCCCCCC)C(=O)O. The standard InChI is InChI=1S/C34H58O4/c1-3-5-7-9-11-13-15-17-18-19-21-23-25-27-29-31-33(35)38-32(34(36)37)30-28-26-24-22-20-16-14-12-10-8-6-4-2/h5,7,11,13,17-18,21,23,32H,3-4,6,8-10,12,14-16,19-20,22,24-31H2,1-2H3,(H,36,37)/b7-5-,13-11-,18-17-,23-21-. The molecule has 0 aliphatic heterocycles. The average molecular weight is 531 g/mol. The summed E-state index contributed by atoms with van der Waals surface area (Å²) in [4.78, 5) is 23.6. The van der Waals surface area contributed by atoms with Crippen LogP contribution in [0.25, 0.3) is 0 Å². The van der Waals surface area contributed by atoms with Crippen molar-refractivity contribution in [2.45, 2.75) is 155 Å². The molecule has 4 nitrogen and oxygen atoms in total. The van der Waals surface area contributed by atoms with Crippen LogP contribution < -0.4 is 0 Å². The highest BCUT2D eigenvalue weighted by atomic mass is 16.6. The molecule has 1 N–H and O–H groups in total. The molecule has 0 saturated carbocycles. The van der Waals surface area contributed by atoms with Gasteiger partial charge in [-0.2, -0.15) is 0 Å². The van der Waals surface area contributed by atoms with Crippen LogP contribution in [0.4, 0.5) is 0 Å². The monoisotopic (exact) mass is 530 g/mol. The number of carboxylic acids is 1. The molecule has 0 aromatic heterocycles. The number of aliphatic carboxylic acids is 1. The third kappa shape index (κ3) is 26.9. The summed E-state index contributed by atoms with van der Waals surface area (Å²) in [6.45, 7) is 4.39. The third-order valence-electron chi connectivity index (χ3n) is 6.59. The molecule has 0 fully saturated rings. The number of carbonyl (C=O) groups excluding carboxylic acids is 1. The Morgan fingerprint density at radius 1 is 0.605 bits per heavy atom. The Balaban J connectivity index is 3.72. The van der Waals surface area contributed by atoms with Crippen LogP contribution in [0.1, 0.15) is 149 Å². The lowest BCUT2D eigenvalue weighted by Crippen LogP contribution is -2.27. The number of allylic oxidation sites excluding steroid dienone is 8. The predicted octanol–water partition coefficient (Wildman–Crippen LogP) is 10.4. The Bertz CT molecular complexity index is 659. The van der Waals surface area contributed by atoms with E-state index < -0.39 is 12.1 Å². The number of ether oxygens (including phenoxy) is 1. The normalized spacial score (nSPS) is 12.9. The van der Waals surface area contributed by atoms with E-state index in [2.05, 4.69) is 62.5 Å². The second-order valence-corrected chi connectivity index (χ2v) is 10.2. The van der Waals surface area contributed by atoms with Crippen molar-refractivity contribution in [1.82, 2.24) is 0 Å². The van der Waals surface area contributed by atoms with Gasteiger partial charge < -0.3 is 9.84 Å². The zero-order chi connectivity index (χ0) is 27.9. The Morgan fingerprint density at radius 2 is 1.08 bits per heavy atom. The predicted molar refractivity (Wildman–Crippen MR) is 162 cm³/mol. The summed E-state index contributed by atoms with van der Waals surface area (Å²) in [6.07, 6.45) is 38.5. The quantitative estimate of drug-likeness (QED) is 0.0651. The Morgan fingerprint density at radius 3 is 1.58 bits per heavy atom. The summed E-state index contributed by atoms with van der Waals surface area (Å²) < 4.78 is 5.26. The van der Waals surface area contributed by atoms with Crippen molar-refractivity contribution >= 4 is 11.9 Å². The summed E-state index contributed by atoms with van der Waals surface area (Å²) >= 11 is 0. The maximum atomic E-state index is 12.1. The Hall–Kier alpha value is -2.10. The average Bonchev–Trinajstić information content (AvgIpc) is 2.90. The number of unbranched alkanes of at least 4 members (excludes halogenated alkanes) is 13. The minimum atomic E-state index is -1.03. The Labute approximate surface area is 234 Å². The van der Waals surface area contributed by atoms with Gasteiger partial charge in [0.05, 0.1) is 0 Å². The Kier molecular flexibility index (Phi) is 27.8. The van der Waals surface area contributed by atoms with Crippen LogP contribution in [0.15, 0.2) is 48.6 Å². The highest BCUT2D eigenvalue weighted by molar-refractivity contribution is 5.77. The van der Waals surface area contributed by atoms with E-state index >= 15 is 0 Å². The maximum Gasteiger partial charge on any atom is 0.345 e. The first-order valence-electron chi connectivity index (χ1n) is 15.6. The second-order valence-electron chi connectivity index (χ2n) is 10.2. The molecule has 4 heteroatoms. The molecule has 0 radical (unpaired) electrons. The molecule has 0 aromatic rings. The summed E-state index contributed by atoms with van der Waals surface area (Å²) in [6, 6.07) is 0. The molecule has 0 aliphatic carbocycles. The van der Waals surface area contributed by atoms with E-state index in [1.807, 2.05) is 0 Å². The van der Waals surface area contributed by atoms with Crippen molar-refractivity contribution in [3.63, 3.8) is 0 Å². The summed E-state index contributed by atoms with van der Waals surface area (Å²) in [5, 5.41) is 9.40. The van der Waals surface area contributed by atoms with Crippen LogP contribution in [0.5, 0.6) is 0 Å². The van der Waals surface area contributed by atoms with Crippen molar-refractivity contribution in [2.75, 3.05) is 0 Å². The van der Waals surface area contributed by atoms with Crippen LogP contribution in [-0.2, 0) is 14.3 Å². The van der Waals surface area contributed by atoms with Gasteiger partial charge in [-0.25, -0.2) is 4.79 Å². The number of hydrogen-bond acceptors (Lipinski definition) is 3. The van der Waals surface area contributed by atoms with E-state index in [9.17, 15) is 14.7 Å². The number of hydrogen-bond donors (Lipinski definition) is 1. The largest absolute Gasteiger partial charge is 0.479 e. The fourth-order valence-electron chi connectivity index (χ4n) is 4.25. The van der Waals surface area contributed by atoms with Gasteiger partial charge in [0.2, 0.25) is 0 Å². The van der Waals surface area contributed by atoms with Gasteiger partial charge in [-0.3, -0.25) is 4.79 Å². The summed E-state index contributed by atoms with van der Waals surface area (Å²) in [5.41, 5.74) is 0. The van der Waals surface area contributed by atoms with Crippen molar-refractivity contribution in [2.24, 2.45) is 0 Å². The highest BCUT2D eigenvalue weighted by Gasteiger charge is 2.21. The minimum Gasteiger partial charge on any atom is -0.479 e. The first kappa shape index (κ1) is 35.9. The van der Waals surface area contributed by atoms with Gasteiger partial charge in [-0.15, -0.1) is 0 Å². The van der Waals surface area contributed by atoms with Gasteiger partial charge in [0, 0.05) is 6.42 Å². The molecule has 0 saturated heterocycles. The molecular weight excluding hydrogens is 472 g/mol. The molecular formula is C34H58O4. The number of carboxylic acid groups (broad SMARTS) is 1. The van der Waals surface area contributed by atoms with Gasteiger partial charge in [0.15, 0.2) is 6.10 Å². The molecule has 0 aliphatic rings. The first-order valence-corrected chi connectivity index (χ1v) is 15.6. The zero-order valence-corrected chi connectivity index (χ0v) is 24.7. The molecule has 0 bridgehead atoms. The molecule has 1 unspecified atom stereocenters. The summed E-state index contributed by atoms with van der Waals surface area (Å²) in [5.74, 6) is -1.41. The van der Waals surface area contributed by atoms with Crippen LogP contribution in [0.3, 0.4) is 0 Å². The zero-order valence-electron chi connectivity index (χ0n) is 24.7. The lowest BCUT2D eigenvalue weighted by atomic mass is 10.0. The van der Waals surface area contributed by atoms with Crippen molar-refractivity contribution < 1.29 is 19.4 Å². The molecule has 0 aromatic carbocycles. The fraction of sp³-hybridized carbons (Fsp3) is 0.706. The van der Waals surface area contributed by atoms with E-state index in [1.54, 1.807) is 0 Å². The van der Waals surface area contributed by atoms with Crippen molar-refractivity contribution in [1.29, 1.82) is 0 Å². The van der Waals surface area contributed by atoms with Gasteiger partial charge >= 0.3 is 11.9 Å². The van der Waals surface area contributed by atoms with E-state index in [0.717, 1.165) is 64.2 Å². The molecule has 38 heavy (non-hydrogen) atoms. The lowest BCUT2D eigenvalue weighted by molar-refractivity contribution is -0.164. The fourth-order valence-corrected chi connectivity index (χ4v) is 4.25. The smallest absolute Gasteiger partial charge is 0.345 e. The maximum absolute atomic E-state index is 12.1. The molecule has 0 rings (SSSR count). The molecule has 1 atom stereocenters. The van der Waals surface area contributed by atoms with E-state index in [0.29, 0.717) is 6.42 Å². The van der Waals surface area contributed by atoms with Crippen LogP contribution >= 0.6 is 0 Å². The number of carbonyl (C=O) groups is 2. The highest BCUT2D eigenvalue weighted by Crippen LogP contribution is 2.14. The van der Waals surface area contributed by atoms with Crippen LogP contribution in [0.2, 0.25) is 0 Å². The van der Waals surface area contributed by atoms with Crippen molar-refractivity contribution in [3.8, 4) is 0 Å². The number of esters is 1. The first-order chi connectivity index (χ1) is 18.6. The molecule has 0 spiro atoms. The van der Waals surface area contributed by atoms with Crippen LogP contribution in [-0.4, -0.2) is 23.1 Å². The molecule has 0 amide bonds. The number of rotatable bonds is 27. The lowest BCUT2D eigenvalue weighted by Gasteiger charge is -2.13. The molecule has 218 valence electrons.